The van der Waals surface area contributed by atoms with Crippen LogP contribution in [0, 0.1) is 6.92 Å². The minimum absolute atomic E-state index is 0.367. The van der Waals surface area contributed by atoms with E-state index in [1.807, 2.05) is 37.3 Å². The number of benzene rings is 2. The summed E-state index contributed by atoms with van der Waals surface area (Å²) >= 11 is 0. The molecule has 0 fully saturated rings. The highest BCUT2D eigenvalue weighted by molar-refractivity contribution is 6.04. The number of aryl methyl sites for hydroxylation is 1. The maximum Gasteiger partial charge on any atom is 0.336 e. The van der Waals surface area contributed by atoms with E-state index in [-0.39, 0.29) is 0 Å². The smallest absolute Gasteiger partial charge is 0.336 e. The zero-order valence-electron chi connectivity index (χ0n) is 7.82. The van der Waals surface area contributed by atoms with Gasteiger partial charge in [0, 0.05) is 0 Å². The van der Waals surface area contributed by atoms with Gasteiger partial charge in [0.2, 0.25) is 0 Å². The molecule has 0 amide bonds. The normalized spacial score (nSPS) is 10.4. The lowest BCUT2D eigenvalue weighted by atomic mass is 10.0. The van der Waals surface area contributed by atoms with Gasteiger partial charge in [0.1, 0.15) is 0 Å². The van der Waals surface area contributed by atoms with Crippen LogP contribution in [-0.4, -0.2) is 11.1 Å². The third kappa shape index (κ3) is 1.25. The molecule has 0 bridgehead atoms. The first-order valence-corrected chi connectivity index (χ1v) is 4.42. The molecular formula is C12H10O2. The van der Waals surface area contributed by atoms with Crippen molar-refractivity contribution in [2.45, 2.75) is 6.92 Å². The van der Waals surface area contributed by atoms with Gasteiger partial charge in [-0.15, -0.1) is 0 Å². The van der Waals surface area contributed by atoms with Gasteiger partial charge in [0.05, 0.1) is 5.56 Å². The summed E-state index contributed by atoms with van der Waals surface area (Å²) in [5.41, 5.74) is 1.47. The Balaban J connectivity index is 2.88. The van der Waals surface area contributed by atoms with Crippen LogP contribution >= 0.6 is 0 Å². The number of fused-ring (bicyclic) bond motifs is 1. The molecular weight excluding hydrogens is 176 g/mol. The lowest BCUT2D eigenvalue weighted by Crippen LogP contribution is -1.97. The molecule has 0 atom stereocenters. The van der Waals surface area contributed by atoms with Crippen molar-refractivity contribution in [3.63, 3.8) is 0 Å². The Morgan fingerprint density at radius 1 is 1.07 bits per heavy atom. The third-order valence-corrected chi connectivity index (χ3v) is 2.37. The molecule has 0 aliphatic heterocycles. The maximum atomic E-state index is 10.9. The second kappa shape index (κ2) is 3.14. The van der Waals surface area contributed by atoms with E-state index in [4.69, 9.17) is 5.11 Å². The predicted molar refractivity (Wildman–Crippen MR) is 55.6 cm³/mol. The lowest BCUT2D eigenvalue weighted by molar-refractivity contribution is 0.0699. The van der Waals surface area contributed by atoms with Crippen molar-refractivity contribution in [3.05, 3.63) is 47.5 Å². The van der Waals surface area contributed by atoms with Gasteiger partial charge in [-0.05, 0) is 29.3 Å². The molecule has 0 radical (unpaired) electrons. The molecule has 0 saturated heterocycles. The molecule has 2 nitrogen and oxygen atoms in total. The first-order valence-electron chi connectivity index (χ1n) is 4.42. The van der Waals surface area contributed by atoms with Crippen molar-refractivity contribution < 1.29 is 9.90 Å². The standard InChI is InChI=1S/C12H10O2/c1-8-6-7-11(12(13)14)10-5-3-2-4-9(8)10/h2-7H,1H3,(H,13,14). The fraction of sp³-hybridized carbons (Fsp3) is 0.0833. The zero-order valence-corrected chi connectivity index (χ0v) is 7.82. The highest BCUT2D eigenvalue weighted by atomic mass is 16.4. The molecule has 2 aromatic rings. The Labute approximate surface area is 81.8 Å². The van der Waals surface area contributed by atoms with Crippen molar-refractivity contribution in [2.75, 3.05) is 0 Å². The molecule has 0 spiro atoms. The van der Waals surface area contributed by atoms with Gasteiger partial charge in [0.25, 0.3) is 0 Å². The minimum Gasteiger partial charge on any atom is -0.478 e. The predicted octanol–water partition coefficient (Wildman–Crippen LogP) is 2.85. The summed E-state index contributed by atoms with van der Waals surface area (Å²) in [6.07, 6.45) is 0. The second-order valence-electron chi connectivity index (χ2n) is 3.28. The van der Waals surface area contributed by atoms with Crippen molar-refractivity contribution in [1.82, 2.24) is 0 Å². The van der Waals surface area contributed by atoms with E-state index in [0.29, 0.717) is 5.56 Å². The molecule has 0 saturated carbocycles. The molecule has 2 rings (SSSR count). The van der Waals surface area contributed by atoms with Gasteiger partial charge >= 0.3 is 5.97 Å². The second-order valence-corrected chi connectivity index (χ2v) is 3.28. The van der Waals surface area contributed by atoms with Crippen LogP contribution in [0.4, 0.5) is 0 Å². The van der Waals surface area contributed by atoms with E-state index in [1.54, 1.807) is 6.07 Å². The van der Waals surface area contributed by atoms with E-state index in [2.05, 4.69) is 0 Å². The average Bonchev–Trinajstić information content (AvgIpc) is 2.18. The molecule has 0 aliphatic carbocycles. The van der Waals surface area contributed by atoms with Crippen LogP contribution in [0.25, 0.3) is 10.8 Å². The highest BCUT2D eigenvalue weighted by Gasteiger charge is 2.08. The number of carboxylic acid groups (broad SMARTS) is 1. The summed E-state index contributed by atoms with van der Waals surface area (Å²) in [5, 5.41) is 10.8. The summed E-state index contributed by atoms with van der Waals surface area (Å²) in [4.78, 5) is 10.9. The minimum atomic E-state index is -0.874. The van der Waals surface area contributed by atoms with E-state index in [0.717, 1.165) is 16.3 Å². The fourth-order valence-electron chi connectivity index (χ4n) is 1.64. The summed E-state index contributed by atoms with van der Waals surface area (Å²) in [5.74, 6) is -0.874. The number of hydrogen-bond acceptors (Lipinski definition) is 1. The van der Waals surface area contributed by atoms with Gasteiger partial charge in [0.15, 0.2) is 0 Å². The van der Waals surface area contributed by atoms with Crippen LogP contribution < -0.4 is 0 Å². The van der Waals surface area contributed by atoms with Crippen LogP contribution in [-0.2, 0) is 0 Å². The first kappa shape index (κ1) is 8.75. The number of rotatable bonds is 1. The van der Waals surface area contributed by atoms with E-state index in [9.17, 15) is 4.79 Å². The molecule has 14 heavy (non-hydrogen) atoms. The van der Waals surface area contributed by atoms with Crippen LogP contribution in [0.3, 0.4) is 0 Å². The quantitative estimate of drug-likeness (QED) is 0.743. The Hall–Kier alpha value is -1.83. The number of carbonyl (C=O) groups is 1. The maximum absolute atomic E-state index is 10.9. The van der Waals surface area contributed by atoms with E-state index >= 15 is 0 Å². The number of carboxylic acids is 1. The fourth-order valence-corrected chi connectivity index (χ4v) is 1.64. The zero-order chi connectivity index (χ0) is 10.1. The summed E-state index contributed by atoms with van der Waals surface area (Å²) in [7, 11) is 0. The van der Waals surface area contributed by atoms with Crippen molar-refractivity contribution >= 4 is 16.7 Å². The summed E-state index contributed by atoms with van der Waals surface area (Å²) in [6, 6.07) is 11.0. The van der Waals surface area contributed by atoms with Gasteiger partial charge in [-0.3, -0.25) is 0 Å². The molecule has 2 aromatic carbocycles. The van der Waals surface area contributed by atoms with Crippen LogP contribution in [0.5, 0.6) is 0 Å². The highest BCUT2D eigenvalue weighted by Crippen LogP contribution is 2.21. The molecule has 0 heterocycles. The largest absolute Gasteiger partial charge is 0.478 e. The third-order valence-electron chi connectivity index (χ3n) is 2.37. The molecule has 0 aliphatic rings. The van der Waals surface area contributed by atoms with Crippen LogP contribution in [0.15, 0.2) is 36.4 Å². The molecule has 70 valence electrons. The first-order chi connectivity index (χ1) is 6.70. The average molecular weight is 186 g/mol. The molecule has 0 unspecified atom stereocenters. The molecule has 1 N–H and O–H groups in total. The molecule has 2 heteroatoms. The number of hydrogen-bond donors (Lipinski definition) is 1. The summed E-state index contributed by atoms with van der Waals surface area (Å²) < 4.78 is 0. The topological polar surface area (TPSA) is 37.3 Å². The summed E-state index contributed by atoms with van der Waals surface area (Å²) in [6.45, 7) is 1.98. The van der Waals surface area contributed by atoms with Gasteiger partial charge in [-0.2, -0.15) is 0 Å². The molecule has 0 aromatic heterocycles. The van der Waals surface area contributed by atoms with Crippen LogP contribution in [0.2, 0.25) is 0 Å². The Kier molecular flexibility index (Phi) is 1.97. The van der Waals surface area contributed by atoms with E-state index < -0.39 is 5.97 Å². The SMILES string of the molecule is Cc1ccc(C(=O)O)c2ccccc12. The monoisotopic (exact) mass is 186 g/mol. The van der Waals surface area contributed by atoms with Crippen molar-refractivity contribution in [2.24, 2.45) is 0 Å². The lowest BCUT2D eigenvalue weighted by Gasteiger charge is -2.04. The Morgan fingerprint density at radius 2 is 1.71 bits per heavy atom. The van der Waals surface area contributed by atoms with Crippen molar-refractivity contribution in [3.8, 4) is 0 Å². The van der Waals surface area contributed by atoms with Gasteiger partial charge in [-0.25, -0.2) is 4.79 Å². The Bertz CT molecular complexity index is 501. The van der Waals surface area contributed by atoms with Gasteiger partial charge in [-0.1, -0.05) is 30.3 Å². The van der Waals surface area contributed by atoms with Crippen molar-refractivity contribution in [1.29, 1.82) is 0 Å². The Morgan fingerprint density at radius 3 is 2.36 bits per heavy atom. The van der Waals surface area contributed by atoms with E-state index in [1.165, 1.54) is 0 Å². The van der Waals surface area contributed by atoms with Crippen LogP contribution in [0.1, 0.15) is 15.9 Å². The van der Waals surface area contributed by atoms with Gasteiger partial charge < -0.3 is 5.11 Å². The number of aromatic carboxylic acids is 1.